The van der Waals surface area contributed by atoms with Gasteiger partial charge >= 0.3 is 0 Å². The lowest BCUT2D eigenvalue weighted by Gasteiger charge is -1.90. The van der Waals surface area contributed by atoms with E-state index in [1.165, 1.54) is 0 Å². The Labute approximate surface area is 32.6 Å². The normalized spacial score (nSPS) is 15.0. The summed E-state index contributed by atoms with van der Waals surface area (Å²) in [4.78, 5) is 0. The van der Waals surface area contributed by atoms with Crippen molar-refractivity contribution in [1.82, 2.24) is 0 Å². The fraction of sp³-hybridized carbons (Fsp3) is 0.500. The van der Waals surface area contributed by atoms with Crippen LogP contribution in [0, 0.1) is 13.8 Å². The topological polar surface area (TPSA) is 20.2 Å². The Balaban J connectivity index is 2.54. The number of aliphatic hydroxyl groups excluding tert-OH is 1. The fourth-order valence-corrected chi connectivity index (χ4v) is 0. The van der Waals surface area contributed by atoms with Gasteiger partial charge in [0.1, 0.15) is 0 Å². The lowest BCUT2D eigenvalue weighted by Crippen LogP contribution is -1.94. The SMILES string of the molecule is [CH2]C[C@H]([CH2])O. The quantitative estimate of drug-likeness (QED) is 0.475. The summed E-state index contributed by atoms with van der Waals surface area (Å²) in [6.45, 7) is 6.62. The van der Waals surface area contributed by atoms with Crippen LogP contribution in [0.2, 0.25) is 0 Å². The highest BCUT2D eigenvalue weighted by Gasteiger charge is 1.82. The van der Waals surface area contributed by atoms with Gasteiger partial charge in [-0.25, -0.2) is 0 Å². The van der Waals surface area contributed by atoms with E-state index in [4.69, 9.17) is 5.11 Å². The highest BCUT2D eigenvalue weighted by molar-refractivity contribution is 4.55. The van der Waals surface area contributed by atoms with Crippen molar-refractivity contribution in [3.63, 3.8) is 0 Å². The van der Waals surface area contributed by atoms with Crippen LogP contribution in [0.15, 0.2) is 0 Å². The molecule has 1 N–H and O–H groups in total. The van der Waals surface area contributed by atoms with Crippen LogP contribution >= 0.6 is 0 Å². The molecule has 0 bridgehead atoms. The van der Waals surface area contributed by atoms with E-state index in [-0.39, 0.29) is 0 Å². The van der Waals surface area contributed by atoms with Gasteiger partial charge in [-0.3, -0.25) is 0 Å². The Bertz CT molecular complexity index is 17.6. The van der Waals surface area contributed by atoms with Crippen LogP contribution in [0.3, 0.4) is 0 Å². The van der Waals surface area contributed by atoms with Crippen molar-refractivity contribution < 1.29 is 5.11 Å². The minimum absolute atomic E-state index is 0.477. The van der Waals surface area contributed by atoms with Crippen molar-refractivity contribution in [3.05, 3.63) is 13.8 Å². The Morgan fingerprint density at radius 1 is 1.80 bits per heavy atom. The summed E-state index contributed by atoms with van der Waals surface area (Å²) in [5.74, 6) is 0. The summed E-state index contributed by atoms with van der Waals surface area (Å²) < 4.78 is 0. The van der Waals surface area contributed by atoms with E-state index in [9.17, 15) is 0 Å². The second kappa shape index (κ2) is 2.21. The lowest BCUT2D eigenvalue weighted by atomic mass is 10.3. The molecule has 0 spiro atoms. The Hall–Kier alpha value is -0.0400. The Morgan fingerprint density at radius 3 is 2.00 bits per heavy atom. The van der Waals surface area contributed by atoms with E-state index >= 15 is 0 Å². The van der Waals surface area contributed by atoms with Crippen molar-refractivity contribution in [3.8, 4) is 0 Å². The molecule has 0 aromatic carbocycles. The van der Waals surface area contributed by atoms with Gasteiger partial charge < -0.3 is 5.11 Å². The first-order chi connectivity index (χ1) is 2.27. The molecule has 0 aliphatic carbocycles. The highest BCUT2D eigenvalue weighted by Crippen LogP contribution is 1.80. The minimum Gasteiger partial charge on any atom is -0.393 e. The maximum Gasteiger partial charge on any atom is 0.0541 e. The fourth-order valence-electron chi connectivity index (χ4n) is 0. The van der Waals surface area contributed by atoms with Crippen LogP contribution in [-0.4, -0.2) is 11.2 Å². The zero-order chi connectivity index (χ0) is 4.28. The van der Waals surface area contributed by atoms with Crippen LogP contribution in [0.25, 0.3) is 0 Å². The third-order valence-electron chi connectivity index (χ3n) is 0.333. The van der Waals surface area contributed by atoms with Crippen LogP contribution in [0.1, 0.15) is 6.42 Å². The van der Waals surface area contributed by atoms with Gasteiger partial charge in [0.25, 0.3) is 0 Å². The first kappa shape index (κ1) is 4.96. The van der Waals surface area contributed by atoms with Crippen molar-refractivity contribution >= 4 is 0 Å². The van der Waals surface area contributed by atoms with Gasteiger partial charge in [-0.05, 0) is 13.3 Å². The van der Waals surface area contributed by atoms with E-state index in [0.29, 0.717) is 6.42 Å². The summed E-state index contributed by atoms with van der Waals surface area (Å²) in [6.07, 6.45) is 0.0231. The van der Waals surface area contributed by atoms with Gasteiger partial charge in [0, 0.05) is 0 Å². The highest BCUT2D eigenvalue weighted by atomic mass is 16.3. The zero-order valence-corrected chi connectivity index (χ0v) is 3.15. The molecule has 0 heterocycles. The van der Waals surface area contributed by atoms with Gasteiger partial charge in [0.05, 0.1) is 6.10 Å². The molecule has 0 unspecified atom stereocenters. The summed E-state index contributed by atoms with van der Waals surface area (Å²) in [5, 5.41) is 8.19. The predicted octanol–water partition coefficient (Wildman–Crippen LogP) is 0.406. The molecular formula is C4H8O. The molecule has 1 nitrogen and oxygen atoms in total. The third-order valence-corrected chi connectivity index (χ3v) is 0.333. The monoisotopic (exact) mass is 72.1 g/mol. The number of rotatable bonds is 1. The molecule has 5 heavy (non-hydrogen) atoms. The Morgan fingerprint density at radius 2 is 2.00 bits per heavy atom. The molecule has 0 saturated carbocycles. The first-order valence-electron chi connectivity index (χ1n) is 1.57. The summed E-state index contributed by atoms with van der Waals surface area (Å²) in [5.41, 5.74) is 0. The molecular weight excluding hydrogens is 64.0 g/mol. The largest absolute Gasteiger partial charge is 0.393 e. The van der Waals surface area contributed by atoms with Crippen LogP contribution in [0.5, 0.6) is 0 Å². The average Bonchev–Trinajstić information content (AvgIpc) is 1.38. The van der Waals surface area contributed by atoms with E-state index in [1.807, 2.05) is 0 Å². The summed E-state index contributed by atoms with van der Waals surface area (Å²) in [6, 6.07) is 0. The minimum atomic E-state index is -0.477. The molecule has 0 aromatic rings. The van der Waals surface area contributed by atoms with Crippen molar-refractivity contribution in [2.75, 3.05) is 0 Å². The van der Waals surface area contributed by atoms with E-state index in [1.54, 1.807) is 0 Å². The third kappa shape index (κ3) is 3.96. The second-order valence-electron chi connectivity index (χ2n) is 0.942. The molecule has 1 atom stereocenters. The molecule has 0 aliphatic heterocycles. The molecule has 0 aliphatic rings. The molecule has 30 valence electrons. The molecule has 0 aromatic heterocycles. The Kier molecular flexibility index (Phi) is 2.19. The molecule has 2 radical (unpaired) electrons. The molecule has 0 fully saturated rings. The smallest absolute Gasteiger partial charge is 0.0541 e. The molecule has 0 saturated heterocycles. The van der Waals surface area contributed by atoms with Crippen molar-refractivity contribution in [2.24, 2.45) is 0 Å². The van der Waals surface area contributed by atoms with Gasteiger partial charge in [-0.15, -0.1) is 0 Å². The summed E-state index contributed by atoms with van der Waals surface area (Å²) in [7, 11) is 0. The lowest BCUT2D eigenvalue weighted by molar-refractivity contribution is 0.224. The van der Waals surface area contributed by atoms with Crippen molar-refractivity contribution in [1.29, 1.82) is 0 Å². The maximum absolute atomic E-state index is 8.19. The average molecular weight is 72.1 g/mol. The van der Waals surface area contributed by atoms with E-state index in [0.717, 1.165) is 0 Å². The number of aliphatic hydroxyl groups is 1. The second-order valence-corrected chi connectivity index (χ2v) is 0.942. The van der Waals surface area contributed by atoms with E-state index < -0.39 is 6.10 Å². The van der Waals surface area contributed by atoms with Gasteiger partial charge in [0.2, 0.25) is 0 Å². The standard InChI is InChI=1S/C4H8O/c1-3-4(2)5/h4-5H,1-3H2/t4-/m0/s1. The predicted molar refractivity (Wildman–Crippen MR) is 21.3 cm³/mol. The number of hydrogen-bond acceptors (Lipinski definition) is 1. The van der Waals surface area contributed by atoms with Crippen LogP contribution in [-0.2, 0) is 0 Å². The van der Waals surface area contributed by atoms with Crippen LogP contribution in [0.4, 0.5) is 0 Å². The first-order valence-corrected chi connectivity index (χ1v) is 1.57. The molecule has 0 amide bonds. The molecule has 1 heteroatoms. The van der Waals surface area contributed by atoms with Crippen molar-refractivity contribution in [2.45, 2.75) is 12.5 Å². The summed E-state index contributed by atoms with van der Waals surface area (Å²) >= 11 is 0. The molecule has 0 rings (SSSR count). The zero-order valence-electron chi connectivity index (χ0n) is 3.15. The van der Waals surface area contributed by atoms with Gasteiger partial charge in [-0.1, -0.05) is 6.92 Å². The number of hydrogen-bond donors (Lipinski definition) is 1. The maximum atomic E-state index is 8.19. The van der Waals surface area contributed by atoms with Gasteiger partial charge in [0.15, 0.2) is 0 Å². The van der Waals surface area contributed by atoms with Crippen LogP contribution < -0.4 is 0 Å². The van der Waals surface area contributed by atoms with E-state index in [2.05, 4.69) is 13.8 Å². The van der Waals surface area contributed by atoms with Gasteiger partial charge in [-0.2, -0.15) is 0 Å².